The highest BCUT2D eigenvalue weighted by Gasteiger charge is 2.03. The van der Waals surface area contributed by atoms with Crippen LogP contribution < -0.4 is 0 Å². The van der Waals surface area contributed by atoms with Crippen molar-refractivity contribution >= 4 is 18.6 Å². The summed E-state index contributed by atoms with van der Waals surface area (Å²) in [4.78, 5) is 11.1. The van der Waals surface area contributed by atoms with Crippen molar-refractivity contribution in [2.45, 2.75) is 0 Å². The summed E-state index contributed by atoms with van der Waals surface area (Å²) in [6.07, 6.45) is 0. The molecule has 0 heterocycles. The van der Waals surface area contributed by atoms with Gasteiger partial charge < -0.3 is 4.74 Å². The highest BCUT2D eigenvalue weighted by Crippen LogP contribution is 2.00. The van der Waals surface area contributed by atoms with Gasteiger partial charge in [-0.2, -0.15) is 12.6 Å². The average Bonchev–Trinajstić information content (AvgIpc) is 2.15. The van der Waals surface area contributed by atoms with E-state index in [0.29, 0.717) is 17.9 Å². The van der Waals surface area contributed by atoms with Gasteiger partial charge in [-0.3, -0.25) is 0 Å². The van der Waals surface area contributed by atoms with Gasteiger partial charge in [0.1, 0.15) is 6.61 Å². The molecule has 3 heteroatoms. The number of esters is 1. The molecule has 0 atom stereocenters. The van der Waals surface area contributed by atoms with E-state index in [1.807, 2.05) is 6.07 Å². The third kappa shape index (κ3) is 2.58. The minimum absolute atomic E-state index is 0.287. The van der Waals surface area contributed by atoms with Crippen LogP contribution in [0.25, 0.3) is 0 Å². The molecule has 0 aliphatic rings. The Morgan fingerprint density at radius 3 is 2.58 bits per heavy atom. The molecule has 1 rings (SSSR count). The van der Waals surface area contributed by atoms with Crippen LogP contribution in [0.3, 0.4) is 0 Å². The molecule has 1 aromatic carbocycles. The second kappa shape index (κ2) is 4.83. The number of rotatable bonds is 3. The molecule has 0 bridgehead atoms. The van der Waals surface area contributed by atoms with Gasteiger partial charge in [0, 0.05) is 5.75 Å². The standard InChI is InChI=1S/C9H10O2S/c10-9(11-6-7-12)8-4-2-1-3-5-8/h1-5,12H,6-7H2. The van der Waals surface area contributed by atoms with Gasteiger partial charge in [0.2, 0.25) is 0 Å². The first-order valence-electron chi connectivity index (χ1n) is 3.67. The third-order valence-corrected chi connectivity index (χ3v) is 1.52. The van der Waals surface area contributed by atoms with Crippen LogP contribution in [0.4, 0.5) is 0 Å². The largest absolute Gasteiger partial charge is 0.461 e. The summed E-state index contributed by atoms with van der Waals surface area (Å²) < 4.78 is 4.86. The quantitative estimate of drug-likeness (QED) is 0.569. The van der Waals surface area contributed by atoms with E-state index in [9.17, 15) is 4.79 Å². The van der Waals surface area contributed by atoms with Crippen molar-refractivity contribution in [1.82, 2.24) is 0 Å². The zero-order chi connectivity index (χ0) is 8.81. The fraction of sp³-hybridized carbons (Fsp3) is 0.222. The second-order valence-corrected chi connectivity index (χ2v) is 2.67. The molecule has 0 aromatic heterocycles. The number of hydrogen-bond acceptors (Lipinski definition) is 3. The summed E-state index contributed by atoms with van der Waals surface area (Å²) in [7, 11) is 0. The van der Waals surface area contributed by atoms with E-state index in [2.05, 4.69) is 12.6 Å². The molecule has 1 aromatic rings. The topological polar surface area (TPSA) is 26.3 Å². The number of ether oxygens (including phenoxy) is 1. The number of carbonyl (C=O) groups excluding carboxylic acids is 1. The highest BCUT2D eigenvalue weighted by molar-refractivity contribution is 7.80. The normalized spacial score (nSPS) is 9.42. The fourth-order valence-electron chi connectivity index (χ4n) is 0.796. The smallest absolute Gasteiger partial charge is 0.338 e. The van der Waals surface area contributed by atoms with Crippen molar-refractivity contribution in [1.29, 1.82) is 0 Å². The lowest BCUT2D eigenvalue weighted by Crippen LogP contribution is -2.06. The van der Waals surface area contributed by atoms with Gasteiger partial charge in [0.25, 0.3) is 0 Å². The van der Waals surface area contributed by atoms with Crippen LogP contribution in [0.2, 0.25) is 0 Å². The molecule has 0 aliphatic heterocycles. The number of hydrogen-bond donors (Lipinski definition) is 1. The molecule has 0 fully saturated rings. The number of thiol groups is 1. The maximum Gasteiger partial charge on any atom is 0.338 e. The lowest BCUT2D eigenvalue weighted by atomic mass is 10.2. The monoisotopic (exact) mass is 182 g/mol. The Kier molecular flexibility index (Phi) is 3.67. The van der Waals surface area contributed by atoms with E-state index in [-0.39, 0.29) is 5.97 Å². The number of benzene rings is 1. The Morgan fingerprint density at radius 2 is 2.00 bits per heavy atom. The molecule has 64 valence electrons. The molecule has 0 amide bonds. The molecular formula is C9H10O2S. The van der Waals surface area contributed by atoms with E-state index in [0.717, 1.165) is 0 Å². The molecule has 0 aliphatic carbocycles. The molecule has 12 heavy (non-hydrogen) atoms. The lowest BCUT2D eigenvalue weighted by Gasteiger charge is -2.01. The van der Waals surface area contributed by atoms with Gasteiger partial charge in [0.15, 0.2) is 0 Å². The van der Waals surface area contributed by atoms with E-state index >= 15 is 0 Å². The van der Waals surface area contributed by atoms with Crippen molar-refractivity contribution in [2.24, 2.45) is 0 Å². The van der Waals surface area contributed by atoms with Gasteiger partial charge in [0.05, 0.1) is 5.56 Å². The molecule has 0 unspecified atom stereocenters. The SMILES string of the molecule is O=C(OCCS)c1ccccc1. The molecule has 0 radical (unpaired) electrons. The summed E-state index contributed by atoms with van der Waals surface area (Å²) >= 11 is 3.93. The van der Waals surface area contributed by atoms with Crippen molar-refractivity contribution < 1.29 is 9.53 Å². The molecule has 2 nitrogen and oxygen atoms in total. The first kappa shape index (κ1) is 9.13. The summed E-state index contributed by atoms with van der Waals surface area (Å²) in [5.74, 6) is 0.267. The van der Waals surface area contributed by atoms with Crippen molar-refractivity contribution in [3.8, 4) is 0 Å². The van der Waals surface area contributed by atoms with Crippen LogP contribution in [0.15, 0.2) is 30.3 Å². The van der Waals surface area contributed by atoms with Gasteiger partial charge >= 0.3 is 5.97 Å². The van der Waals surface area contributed by atoms with E-state index < -0.39 is 0 Å². The third-order valence-electron chi connectivity index (χ3n) is 1.33. The molecule has 0 saturated heterocycles. The van der Waals surface area contributed by atoms with Crippen LogP contribution in [0, 0.1) is 0 Å². The lowest BCUT2D eigenvalue weighted by molar-refractivity contribution is 0.0530. The predicted molar refractivity (Wildman–Crippen MR) is 50.6 cm³/mol. The summed E-state index contributed by atoms with van der Waals surface area (Å²) in [6, 6.07) is 8.91. The Labute approximate surface area is 77.0 Å². The Bertz CT molecular complexity index is 246. The van der Waals surface area contributed by atoms with Crippen LogP contribution >= 0.6 is 12.6 Å². The van der Waals surface area contributed by atoms with Gasteiger partial charge in [-0.15, -0.1) is 0 Å². The minimum atomic E-state index is -0.287. The van der Waals surface area contributed by atoms with E-state index in [1.165, 1.54) is 0 Å². The number of carbonyl (C=O) groups is 1. The van der Waals surface area contributed by atoms with Gasteiger partial charge in [-0.25, -0.2) is 4.79 Å². The Hall–Kier alpha value is -0.960. The second-order valence-electron chi connectivity index (χ2n) is 2.23. The van der Waals surface area contributed by atoms with Crippen LogP contribution in [-0.2, 0) is 4.74 Å². The van der Waals surface area contributed by atoms with Crippen LogP contribution in [-0.4, -0.2) is 18.3 Å². The van der Waals surface area contributed by atoms with Crippen LogP contribution in [0.5, 0.6) is 0 Å². The summed E-state index contributed by atoms with van der Waals surface area (Å²) in [6.45, 7) is 0.358. The minimum Gasteiger partial charge on any atom is -0.461 e. The van der Waals surface area contributed by atoms with Crippen molar-refractivity contribution in [2.75, 3.05) is 12.4 Å². The van der Waals surface area contributed by atoms with Gasteiger partial charge in [-0.05, 0) is 12.1 Å². The Morgan fingerprint density at radius 1 is 1.33 bits per heavy atom. The van der Waals surface area contributed by atoms with Crippen molar-refractivity contribution in [3.63, 3.8) is 0 Å². The Balaban J connectivity index is 2.54. The predicted octanol–water partition coefficient (Wildman–Crippen LogP) is 1.77. The van der Waals surface area contributed by atoms with Crippen molar-refractivity contribution in [3.05, 3.63) is 35.9 Å². The zero-order valence-corrected chi connectivity index (χ0v) is 7.46. The van der Waals surface area contributed by atoms with E-state index in [4.69, 9.17) is 4.74 Å². The fourth-order valence-corrected chi connectivity index (χ4v) is 0.887. The molecule has 0 spiro atoms. The maximum atomic E-state index is 11.1. The van der Waals surface area contributed by atoms with Crippen LogP contribution in [0.1, 0.15) is 10.4 Å². The van der Waals surface area contributed by atoms with Gasteiger partial charge in [-0.1, -0.05) is 18.2 Å². The maximum absolute atomic E-state index is 11.1. The summed E-state index contributed by atoms with van der Waals surface area (Å²) in [5, 5.41) is 0. The molecular weight excluding hydrogens is 172 g/mol. The zero-order valence-electron chi connectivity index (χ0n) is 6.56. The highest BCUT2D eigenvalue weighted by atomic mass is 32.1. The first-order valence-corrected chi connectivity index (χ1v) is 4.31. The first-order chi connectivity index (χ1) is 5.84. The average molecular weight is 182 g/mol. The summed E-state index contributed by atoms with van der Waals surface area (Å²) in [5.41, 5.74) is 0.583. The van der Waals surface area contributed by atoms with E-state index in [1.54, 1.807) is 24.3 Å². The molecule has 0 N–H and O–H groups in total. The molecule has 0 saturated carbocycles.